The molecule has 160 valence electrons. The molecular formula is C21H26ClFN6S. The molecule has 9 heteroatoms. The first kappa shape index (κ1) is 22.2. The lowest BCUT2D eigenvalue weighted by molar-refractivity contribution is 0.558. The fraction of sp³-hybridized carbons (Fsp3) is 0.381. The molecule has 3 aromatic rings. The fourth-order valence-electron chi connectivity index (χ4n) is 3.28. The number of halogens is 2. The van der Waals surface area contributed by atoms with Gasteiger partial charge >= 0.3 is 0 Å². The van der Waals surface area contributed by atoms with E-state index in [-0.39, 0.29) is 5.82 Å². The monoisotopic (exact) mass is 448 g/mol. The zero-order chi connectivity index (χ0) is 21.8. The SMILES string of the molecule is Cc1nn(CCCNC(=S)Nc2c(C)nn(Cc3ccc(F)cc3)c2C)c(C)c1Cl. The van der Waals surface area contributed by atoms with Crippen LogP contribution in [0.5, 0.6) is 0 Å². The van der Waals surface area contributed by atoms with Gasteiger partial charge in [0.25, 0.3) is 0 Å². The van der Waals surface area contributed by atoms with Crippen molar-refractivity contribution in [2.24, 2.45) is 0 Å². The molecule has 0 saturated heterocycles. The van der Waals surface area contributed by atoms with E-state index in [9.17, 15) is 4.39 Å². The molecule has 2 aromatic heterocycles. The van der Waals surface area contributed by atoms with E-state index in [1.807, 2.05) is 37.1 Å². The minimum absolute atomic E-state index is 0.244. The topological polar surface area (TPSA) is 59.7 Å². The summed E-state index contributed by atoms with van der Waals surface area (Å²) in [5.74, 6) is -0.244. The van der Waals surface area contributed by atoms with Crippen molar-refractivity contribution in [1.82, 2.24) is 24.9 Å². The van der Waals surface area contributed by atoms with Crippen LogP contribution < -0.4 is 10.6 Å². The summed E-state index contributed by atoms with van der Waals surface area (Å²) in [5, 5.41) is 16.8. The van der Waals surface area contributed by atoms with Crippen molar-refractivity contribution in [3.05, 3.63) is 63.4 Å². The number of nitrogens with zero attached hydrogens (tertiary/aromatic N) is 4. The van der Waals surface area contributed by atoms with Gasteiger partial charge in [0.05, 0.1) is 40.0 Å². The summed E-state index contributed by atoms with van der Waals surface area (Å²) in [6, 6.07) is 6.45. The lowest BCUT2D eigenvalue weighted by Gasteiger charge is -2.12. The van der Waals surface area contributed by atoms with Crippen LogP contribution in [0.4, 0.5) is 10.1 Å². The van der Waals surface area contributed by atoms with Crippen LogP contribution in [0, 0.1) is 33.5 Å². The van der Waals surface area contributed by atoms with E-state index in [0.717, 1.165) is 52.0 Å². The zero-order valence-corrected chi connectivity index (χ0v) is 19.2. The number of hydrogen-bond acceptors (Lipinski definition) is 3. The van der Waals surface area contributed by atoms with Gasteiger partial charge in [0.1, 0.15) is 5.82 Å². The van der Waals surface area contributed by atoms with Crippen molar-refractivity contribution in [2.45, 2.75) is 47.2 Å². The maximum Gasteiger partial charge on any atom is 0.170 e. The summed E-state index contributed by atoms with van der Waals surface area (Å²) < 4.78 is 16.9. The quantitative estimate of drug-likeness (QED) is 0.410. The normalized spacial score (nSPS) is 11.0. The molecular weight excluding hydrogens is 423 g/mol. The number of nitrogens with one attached hydrogen (secondary N) is 2. The van der Waals surface area contributed by atoms with E-state index in [2.05, 4.69) is 20.8 Å². The average molecular weight is 449 g/mol. The molecule has 3 rings (SSSR count). The molecule has 0 aliphatic carbocycles. The van der Waals surface area contributed by atoms with E-state index >= 15 is 0 Å². The predicted octanol–water partition coefficient (Wildman–Crippen LogP) is 4.53. The van der Waals surface area contributed by atoms with Crippen molar-refractivity contribution in [3.8, 4) is 0 Å². The molecule has 0 amide bonds. The molecule has 0 aliphatic rings. The van der Waals surface area contributed by atoms with E-state index in [1.54, 1.807) is 12.1 Å². The van der Waals surface area contributed by atoms with E-state index < -0.39 is 0 Å². The Hall–Kier alpha value is -2.45. The van der Waals surface area contributed by atoms with Gasteiger partial charge in [0.2, 0.25) is 0 Å². The van der Waals surface area contributed by atoms with E-state index in [0.29, 0.717) is 18.2 Å². The lowest BCUT2D eigenvalue weighted by Crippen LogP contribution is -2.30. The van der Waals surface area contributed by atoms with Gasteiger partial charge < -0.3 is 10.6 Å². The predicted molar refractivity (Wildman–Crippen MR) is 123 cm³/mol. The molecule has 0 fully saturated rings. The molecule has 0 saturated carbocycles. The smallest absolute Gasteiger partial charge is 0.170 e. The fourth-order valence-corrected chi connectivity index (χ4v) is 3.62. The van der Waals surface area contributed by atoms with Crippen LogP contribution in [0.15, 0.2) is 24.3 Å². The highest BCUT2D eigenvalue weighted by molar-refractivity contribution is 7.80. The molecule has 2 N–H and O–H groups in total. The van der Waals surface area contributed by atoms with Crippen LogP contribution >= 0.6 is 23.8 Å². The molecule has 0 atom stereocenters. The van der Waals surface area contributed by atoms with Crippen LogP contribution in [0.2, 0.25) is 5.02 Å². The van der Waals surface area contributed by atoms with Gasteiger partial charge in [-0.05, 0) is 64.0 Å². The molecule has 0 spiro atoms. The van der Waals surface area contributed by atoms with Crippen molar-refractivity contribution in [3.63, 3.8) is 0 Å². The Morgan fingerprint density at radius 1 is 1.03 bits per heavy atom. The standard InChI is InChI=1S/C21H26ClFN6S/c1-13-19(22)15(3)28(26-13)11-5-10-24-21(30)25-20-14(2)27-29(16(20)4)12-17-6-8-18(23)9-7-17/h6-9H,5,10-12H2,1-4H3,(H2,24,25,30). The minimum atomic E-state index is -0.244. The van der Waals surface area contributed by atoms with Gasteiger partial charge in [0.15, 0.2) is 5.11 Å². The Bertz CT molecular complexity index is 1040. The van der Waals surface area contributed by atoms with Crippen molar-refractivity contribution in [2.75, 3.05) is 11.9 Å². The maximum atomic E-state index is 13.1. The summed E-state index contributed by atoms with van der Waals surface area (Å²) in [6.45, 7) is 9.85. The molecule has 0 aliphatic heterocycles. The van der Waals surface area contributed by atoms with Crippen molar-refractivity contribution in [1.29, 1.82) is 0 Å². The third-order valence-electron chi connectivity index (χ3n) is 4.99. The number of thiocarbonyl (C=S) groups is 1. The molecule has 6 nitrogen and oxygen atoms in total. The highest BCUT2D eigenvalue weighted by Gasteiger charge is 2.13. The number of benzene rings is 1. The average Bonchev–Trinajstić information content (AvgIpc) is 3.11. The second kappa shape index (κ2) is 9.57. The van der Waals surface area contributed by atoms with Gasteiger partial charge in [-0.15, -0.1) is 0 Å². The number of anilines is 1. The molecule has 1 aromatic carbocycles. The second-order valence-corrected chi connectivity index (χ2v) is 8.06. The molecule has 0 radical (unpaired) electrons. The first-order valence-corrected chi connectivity index (χ1v) is 10.6. The largest absolute Gasteiger partial charge is 0.362 e. The van der Waals surface area contributed by atoms with Gasteiger partial charge in [0, 0.05) is 13.1 Å². The van der Waals surface area contributed by atoms with Crippen LogP contribution in [0.25, 0.3) is 0 Å². The Morgan fingerprint density at radius 3 is 2.33 bits per heavy atom. The van der Waals surface area contributed by atoms with Gasteiger partial charge in [-0.3, -0.25) is 9.36 Å². The second-order valence-electron chi connectivity index (χ2n) is 7.27. The first-order chi connectivity index (χ1) is 14.3. The molecule has 30 heavy (non-hydrogen) atoms. The van der Waals surface area contributed by atoms with Gasteiger partial charge in [-0.25, -0.2) is 4.39 Å². The van der Waals surface area contributed by atoms with Crippen LogP contribution in [0.1, 0.15) is 34.8 Å². The molecule has 2 heterocycles. The number of hydrogen-bond donors (Lipinski definition) is 2. The Morgan fingerprint density at radius 2 is 1.70 bits per heavy atom. The molecule has 0 unspecified atom stereocenters. The third-order valence-corrected chi connectivity index (χ3v) is 5.78. The first-order valence-electron chi connectivity index (χ1n) is 9.79. The minimum Gasteiger partial charge on any atom is -0.362 e. The van der Waals surface area contributed by atoms with Gasteiger partial charge in [-0.2, -0.15) is 10.2 Å². The maximum absolute atomic E-state index is 13.1. The number of aryl methyl sites for hydroxylation is 3. The Kier molecular flexibility index (Phi) is 7.10. The highest BCUT2D eigenvalue weighted by Crippen LogP contribution is 2.21. The van der Waals surface area contributed by atoms with E-state index in [1.165, 1.54) is 12.1 Å². The Balaban J connectivity index is 1.53. The summed E-state index contributed by atoms with van der Waals surface area (Å²) in [7, 11) is 0. The third kappa shape index (κ3) is 5.17. The van der Waals surface area contributed by atoms with Crippen LogP contribution in [-0.2, 0) is 13.1 Å². The lowest BCUT2D eigenvalue weighted by atomic mass is 10.2. The summed E-state index contributed by atoms with van der Waals surface area (Å²) in [4.78, 5) is 0. The summed E-state index contributed by atoms with van der Waals surface area (Å²) in [6.07, 6.45) is 0.863. The highest BCUT2D eigenvalue weighted by atomic mass is 35.5. The summed E-state index contributed by atoms with van der Waals surface area (Å²) >= 11 is 11.6. The number of rotatable bonds is 7. The zero-order valence-electron chi connectivity index (χ0n) is 17.6. The van der Waals surface area contributed by atoms with Crippen molar-refractivity contribution < 1.29 is 4.39 Å². The van der Waals surface area contributed by atoms with E-state index in [4.69, 9.17) is 23.8 Å². The number of aromatic nitrogens is 4. The van der Waals surface area contributed by atoms with Gasteiger partial charge in [-0.1, -0.05) is 23.7 Å². The Labute approximate surface area is 186 Å². The van der Waals surface area contributed by atoms with Crippen LogP contribution in [0.3, 0.4) is 0 Å². The molecule has 0 bridgehead atoms. The van der Waals surface area contributed by atoms with Crippen molar-refractivity contribution >= 4 is 34.6 Å². The van der Waals surface area contributed by atoms with Crippen LogP contribution in [-0.4, -0.2) is 31.2 Å². The summed E-state index contributed by atoms with van der Waals surface area (Å²) in [5.41, 5.74) is 5.53.